The topological polar surface area (TPSA) is 88.7 Å². The van der Waals surface area contributed by atoms with Crippen molar-refractivity contribution in [3.05, 3.63) is 64.3 Å². The van der Waals surface area contributed by atoms with Crippen LogP contribution in [0.2, 0.25) is 0 Å². The third-order valence-corrected chi connectivity index (χ3v) is 3.05. The van der Waals surface area contributed by atoms with E-state index in [1.807, 2.05) is 30.3 Å². The van der Waals surface area contributed by atoms with Crippen LogP contribution in [-0.4, -0.2) is 21.5 Å². The highest BCUT2D eigenvalue weighted by Gasteiger charge is 2.31. The van der Waals surface area contributed by atoms with Crippen molar-refractivity contribution in [1.29, 1.82) is 0 Å². The molecule has 0 aliphatic carbocycles. The van der Waals surface area contributed by atoms with E-state index in [4.69, 9.17) is 0 Å². The van der Waals surface area contributed by atoms with Crippen molar-refractivity contribution in [1.82, 2.24) is 4.98 Å². The van der Waals surface area contributed by atoms with Gasteiger partial charge in [0.15, 0.2) is 0 Å². The predicted molar refractivity (Wildman–Crippen MR) is 76.0 cm³/mol. The first-order valence-electron chi connectivity index (χ1n) is 6.22. The van der Waals surface area contributed by atoms with Crippen LogP contribution >= 0.6 is 0 Å². The number of anilines is 1. The largest absolute Gasteiger partial charge is 0.313 e. The molecule has 0 fully saturated rings. The molecule has 0 atom stereocenters. The molecular weight excluding hydrogens is 272 g/mol. The van der Waals surface area contributed by atoms with Gasteiger partial charge >= 0.3 is 5.69 Å². The highest BCUT2D eigenvalue weighted by atomic mass is 16.6. The number of pyridine rings is 1. The summed E-state index contributed by atoms with van der Waals surface area (Å²) in [5.74, 6) is -0.394. The quantitative estimate of drug-likeness (QED) is 0.637. The number of hydrogen-bond acceptors (Lipinski definition) is 5. The fourth-order valence-electron chi connectivity index (χ4n) is 2.08. The van der Waals surface area contributed by atoms with Crippen LogP contribution in [0.25, 0.3) is 0 Å². The van der Waals surface area contributed by atoms with Gasteiger partial charge in [0.05, 0.1) is 17.1 Å². The number of hydrogen-bond donors (Lipinski definition) is 0. The lowest BCUT2D eigenvalue weighted by Gasteiger charge is -2.09. The van der Waals surface area contributed by atoms with Crippen molar-refractivity contribution in [2.45, 2.75) is 6.42 Å². The van der Waals surface area contributed by atoms with Crippen molar-refractivity contribution < 1.29 is 9.72 Å². The molecule has 0 saturated carbocycles. The second-order valence-corrected chi connectivity index (χ2v) is 4.40. The summed E-state index contributed by atoms with van der Waals surface area (Å²) >= 11 is 0. The van der Waals surface area contributed by atoms with Gasteiger partial charge in [-0.2, -0.15) is 10.1 Å². The molecule has 1 aromatic carbocycles. The fourth-order valence-corrected chi connectivity index (χ4v) is 2.08. The number of carbonyl (C=O) groups is 1. The van der Waals surface area contributed by atoms with Crippen molar-refractivity contribution in [3.8, 4) is 0 Å². The van der Waals surface area contributed by atoms with Gasteiger partial charge < -0.3 is 0 Å². The molecule has 21 heavy (non-hydrogen) atoms. The van der Waals surface area contributed by atoms with Gasteiger partial charge in [-0.15, -0.1) is 0 Å². The monoisotopic (exact) mass is 282 g/mol. The van der Waals surface area contributed by atoms with E-state index in [2.05, 4.69) is 10.1 Å². The number of nitrogens with zero attached hydrogens (tertiary/aromatic N) is 4. The minimum Gasteiger partial charge on any atom is -0.272 e. The van der Waals surface area contributed by atoms with E-state index >= 15 is 0 Å². The highest BCUT2D eigenvalue weighted by Crippen LogP contribution is 2.29. The second-order valence-electron chi connectivity index (χ2n) is 4.40. The molecule has 1 aliphatic heterocycles. The van der Waals surface area contributed by atoms with Gasteiger partial charge in [0, 0.05) is 12.3 Å². The van der Waals surface area contributed by atoms with E-state index in [1.54, 1.807) is 0 Å². The first-order chi connectivity index (χ1) is 10.2. The molecular formula is C14H10N4O3. The first kappa shape index (κ1) is 12.9. The van der Waals surface area contributed by atoms with Crippen LogP contribution < -0.4 is 5.01 Å². The molecule has 0 spiro atoms. The molecule has 1 aromatic heterocycles. The van der Waals surface area contributed by atoms with Gasteiger partial charge in [0.25, 0.3) is 5.91 Å². The normalized spacial score (nSPS) is 14.2. The maximum Gasteiger partial charge on any atom is 0.313 e. The Bertz CT molecular complexity index is 743. The summed E-state index contributed by atoms with van der Waals surface area (Å²) in [7, 11) is 0. The lowest BCUT2D eigenvalue weighted by atomic mass is 10.1. The Morgan fingerprint density at radius 2 is 1.90 bits per heavy atom. The SMILES string of the molecule is O=C1CC(c2ccccc2)=NN1c1ncccc1[N+](=O)[O-]. The first-order valence-corrected chi connectivity index (χ1v) is 6.22. The number of rotatable bonds is 3. The van der Waals surface area contributed by atoms with Crippen LogP contribution in [0.4, 0.5) is 11.5 Å². The summed E-state index contributed by atoms with van der Waals surface area (Å²) in [5, 5.41) is 16.2. The Balaban J connectivity index is 2.02. The minimum absolute atomic E-state index is 0.0570. The lowest BCUT2D eigenvalue weighted by molar-refractivity contribution is -0.384. The molecule has 0 radical (unpaired) electrons. The lowest BCUT2D eigenvalue weighted by Crippen LogP contribution is -2.21. The molecule has 0 unspecified atom stereocenters. The number of benzene rings is 1. The van der Waals surface area contributed by atoms with E-state index in [0.29, 0.717) is 5.71 Å². The van der Waals surface area contributed by atoms with E-state index in [-0.39, 0.29) is 23.8 Å². The number of amides is 1. The number of carbonyl (C=O) groups excluding carboxylic acids is 1. The molecule has 2 aromatic rings. The van der Waals surface area contributed by atoms with Crippen LogP contribution in [0.15, 0.2) is 53.8 Å². The maximum absolute atomic E-state index is 12.1. The number of aromatic nitrogens is 1. The molecule has 2 heterocycles. The van der Waals surface area contributed by atoms with Crippen molar-refractivity contribution in [2.24, 2.45) is 5.10 Å². The molecule has 3 rings (SSSR count). The molecule has 7 nitrogen and oxygen atoms in total. The Hall–Kier alpha value is -3.09. The van der Waals surface area contributed by atoms with Gasteiger partial charge in [0.2, 0.25) is 5.82 Å². The summed E-state index contributed by atoms with van der Waals surface area (Å²) in [6, 6.07) is 12.0. The molecule has 1 amide bonds. The summed E-state index contributed by atoms with van der Waals surface area (Å²) in [5.41, 5.74) is 1.14. The third kappa shape index (κ3) is 2.36. The van der Waals surface area contributed by atoms with Crippen molar-refractivity contribution in [2.75, 3.05) is 5.01 Å². The highest BCUT2D eigenvalue weighted by molar-refractivity contribution is 6.19. The zero-order valence-electron chi connectivity index (χ0n) is 10.8. The molecule has 1 aliphatic rings. The molecule has 0 bridgehead atoms. The third-order valence-electron chi connectivity index (χ3n) is 3.05. The zero-order valence-corrected chi connectivity index (χ0v) is 10.8. The standard InChI is InChI=1S/C14H10N4O3/c19-13-9-11(10-5-2-1-3-6-10)16-17(13)14-12(18(20)21)7-4-8-15-14/h1-8H,9H2. The average molecular weight is 282 g/mol. The van der Waals surface area contributed by atoms with Gasteiger partial charge in [-0.3, -0.25) is 14.9 Å². The van der Waals surface area contributed by atoms with Crippen LogP contribution in [-0.2, 0) is 4.79 Å². The summed E-state index contributed by atoms with van der Waals surface area (Å²) in [6.07, 6.45) is 1.49. The predicted octanol–water partition coefficient (Wildman–Crippen LogP) is 2.13. The Morgan fingerprint density at radius 3 is 2.62 bits per heavy atom. The zero-order chi connectivity index (χ0) is 14.8. The van der Waals surface area contributed by atoms with E-state index < -0.39 is 4.92 Å². The summed E-state index contributed by atoms with van der Waals surface area (Å²) in [4.78, 5) is 26.4. The Labute approximate surface area is 119 Å². The minimum atomic E-state index is -0.578. The molecule has 7 heteroatoms. The van der Waals surface area contributed by atoms with E-state index in [1.165, 1.54) is 18.3 Å². The second kappa shape index (κ2) is 5.12. The summed E-state index contributed by atoms with van der Waals surface area (Å²) in [6.45, 7) is 0. The van der Waals surface area contributed by atoms with Crippen LogP contribution in [0.5, 0.6) is 0 Å². The Morgan fingerprint density at radius 1 is 1.14 bits per heavy atom. The smallest absolute Gasteiger partial charge is 0.272 e. The van der Waals surface area contributed by atoms with Crippen LogP contribution in [0, 0.1) is 10.1 Å². The van der Waals surface area contributed by atoms with E-state index in [9.17, 15) is 14.9 Å². The van der Waals surface area contributed by atoms with Crippen LogP contribution in [0.3, 0.4) is 0 Å². The van der Waals surface area contributed by atoms with E-state index in [0.717, 1.165) is 10.6 Å². The van der Waals surface area contributed by atoms with Crippen LogP contribution in [0.1, 0.15) is 12.0 Å². The maximum atomic E-state index is 12.1. The number of hydrazone groups is 1. The van der Waals surface area contributed by atoms with Gasteiger partial charge in [-0.25, -0.2) is 4.98 Å². The number of nitro groups is 1. The summed E-state index contributed by atoms with van der Waals surface area (Å²) < 4.78 is 0. The fraction of sp³-hybridized carbons (Fsp3) is 0.0714. The average Bonchev–Trinajstić information content (AvgIpc) is 2.90. The van der Waals surface area contributed by atoms with Crippen molar-refractivity contribution in [3.63, 3.8) is 0 Å². The Kier molecular flexibility index (Phi) is 3.15. The van der Waals surface area contributed by atoms with Gasteiger partial charge in [0.1, 0.15) is 0 Å². The van der Waals surface area contributed by atoms with Gasteiger partial charge in [-0.1, -0.05) is 30.3 Å². The van der Waals surface area contributed by atoms with Gasteiger partial charge in [-0.05, 0) is 11.6 Å². The molecule has 0 saturated heterocycles. The molecule has 104 valence electrons. The molecule has 0 N–H and O–H groups in total. The van der Waals surface area contributed by atoms with Crippen molar-refractivity contribution >= 4 is 23.1 Å².